The number of halogens is 1. The van der Waals surface area contributed by atoms with Gasteiger partial charge < -0.3 is 14.1 Å². The van der Waals surface area contributed by atoms with Gasteiger partial charge in [0, 0.05) is 25.1 Å². The minimum absolute atomic E-state index is 0.0498. The molecule has 2 aromatic carbocycles. The molecule has 7 heteroatoms. The summed E-state index contributed by atoms with van der Waals surface area (Å²) in [5.41, 5.74) is 2.00. The molecule has 174 valence electrons. The highest BCUT2D eigenvalue weighted by Crippen LogP contribution is 2.31. The predicted molar refractivity (Wildman–Crippen MR) is 123 cm³/mol. The number of likely N-dealkylation sites (N-methyl/N-ethyl adjacent to an activating group) is 1. The molecule has 0 bridgehead atoms. The summed E-state index contributed by atoms with van der Waals surface area (Å²) in [6.07, 6.45) is 5.17. The second-order valence-electron chi connectivity index (χ2n) is 8.55. The van der Waals surface area contributed by atoms with Crippen LogP contribution >= 0.6 is 0 Å². The number of amides is 1. The molecular formula is C26H30FN3O3. The molecule has 1 amide bonds. The second kappa shape index (κ2) is 10.6. The van der Waals surface area contributed by atoms with Crippen molar-refractivity contribution in [3.63, 3.8) is 0 Å². The molecule has 6 nitrogen and oxygen atoms in total. The quantitative estimate of drug-likeness (QED) is 0.501. The summed E-state index contributed by atoms with van der Waals surface area (Å²) < 4.78 is 24.7. The van der Waals surface area contributed by atoms with E-state index in [4.69, 9.17) is 9.15 Å². The molecule has 2 heterocycles. The first-order chi connectivity index (χ1) is 16.0. The number of benzene rings is 2. The molecule has 0 aliphatic carbocycles. The number of hydrogen-bond donors (Lipinski definition) is 0. The van der Waals surface area contributed by atoms with Crippen molar-refractivity contribution >= 4 is 5.91 Å². The molecule has 1 atom stereocenters. The maximum Gasteiger partial charge on any atom is 0.237 e. The summed E-state index contributed by atoms with van der Waals surface area (Å²) in [4.78, 5) is 21.5. The van der Waals surface area contributed by atoms with Crippen molar-refractivity contribution in [3.05, 3.63) is 83.3 Å². The number of carbonyl (C=O) groups is 1. The van der Waals surface area contributed by atoms with Crippen molar-refractivity contribution in [1.82, 2.24) is 14.8 Å². The van der Waals surface area contributed by atoms with Crippen LogP contribution in [-0.2, 0) is 17.8 Å². The summed E-state index contributed by atoms with van der Waals surface area (Å²) in [7, 11) is 3.56. The van der Waals surface area contributed by atoms with E-state index >= 15 is 0 Å². The molecule has 3 aromatic rings. The molecule has 1 aliphatic heterocycles. The zero-order valence-corrected chi connectivity index (χ0v) is 19.2. The predicted octanol–water partition coefficient (Wildman–Crippen LogP) is 4.60. The standard InChI is InChI=1S/C26H30FN3O3/c1-29(17-19-10-12-21(27)13-11-19)18-25(31)30-14-6-5-8-23(30)26-28-16-22(33-26)15-20-7-3-4-9-24(20)32-2/h3-4,7,9-13,16,23H,5-6,8,14-15,17-18H2,1-2H3/t23-/m0/s1. The Kier molecular flexibility index (Phi) is 7.40. The van der Waals surface area contributed by atoms with Gasteiger partial charge in [0.2, 0.25) is 11.8 Å². The van der Waals surface area contributed by atoms with Crippen molar-refractivity contribution in [1.29, 1.82) is 0 Å². The monoisotopic (exact) mass is 451 g/mol. The Morgan fingerprint density at radius 2 is 2.00 bits per heavy atom. The summed E-state index contributed by atoms with van der Waals surface area (Å²) in [5, 5.41) is 0. The molecule has 0 unspecified atom stereocenters. The van der Waals surface area contributed by atoms with Gasteiger partial charge in [0.1, 0.15) is 23.4 Å². The van der Waals surface area contributed by atoms with Crippen molar-refractivity contribution in [2.75, 3.05) is 27.2 Å². The summed E-state index contributed by atoms with van der Waals surface area (Å²) in [6.45, 7) is 1.55. The summed E-state index contributed by atoms with van der Waals surface area (Å²) in [5.74, 6) is 1.95. The summed E-state index contributed by atoms with van der Waals surface area (Å²) >= 11 is 0. The Hall–Kier alpha value is -3.19. The van der Waals surface area contributed by atoms with E-state index in [9.17, 15) is 9.18 Å². The largest absolute Gasteiger partial charge is 0.496 e. The van der Waals surface area contributed by atoms with Crippen LogP contribution in [0.4, 0.5) is 4.39 Å². The van der Waals surface area contributed by atoms with Gasteiger partial charge in [0.15, 0.2) is 0 Å². The third-order valence-electron chi connectivity index (χ3n) is 6.01. The molecule has 1 saturated heterocycles. The van der Waals surface area contributed by atoms with Crippen LogP contribution in [-0.4, -0.2) is 47.9 Å². The lowest BCUT2D eigenvalue weighted by Crippen LogP contribution is -2.43. The number of aromatic nitrogens is 1. The van der Waals surface area contributed by atoms with Crippen molar-refractivity contribution in [2.45, 2.75) is 38.3 Å². The smallest absolute Gasteiger partial charge is 0.237 e. The first-order valence-electron chi connectivity index (χ1n) is 11.3. The molecule has 1 aliphatic rings. The van der Waals surface area contributed by atoms with Gasteiger partial charge in [0.25, 0.3) is 0 Å². The molecule has 33 heavy (non-hydrogen) atoms. The minimum atomic E-state index is -0.260. The third kappa shape index (κ3) is 5.79. The maximum atomic E-state index is 13.2. The SMILES string of the molecule is COc1ccccc1Cc1cnc([C@@H]2CCCCN2C(=O)CN(C)Cc2ccc(F)cc2)o1. The first-order valence-corrected chi connectivity index (χ1v) is 11.3. The lowest BCUT2D eigenvalue weighted by Gasteiger charge is -2.35. The van der Waals surface area contributed by atoms with E-state index in [1.165, 1.54) is 12.1 Å². The van der Waals surface area contributed by atoms with Crippen LogP contribution in [0.5, 0.6) is 5.75 Å². The fourth-order valence-corrected chi connectivity index (χ4v) is 4.36. The van der Waals surface area contributed by atoms with E-state index in [0.717, 1.165) is 41.9 Å². The molecule has 0 saturated carbocycles. The lowest BCUT2D eigenvalue weighted by molar-refractivity contribution is -0.136. The molecule has 4 rings (SSSR count). The fraction of sp³-hybridized carbons (Fsp3) is 0.385. The van der Waals surface area contributed by atoms with Crippen LogP contribution < -0.4 is 4.74 Å². The van der Waals surface area contributed by atoms with Gasteiger partial charge in [-0.05, 0) is 50.1 Å². The molecule has 0 spiro atoms. The fourth-order valence-electron chi connectivity index (χ4n) is 4.36. The topological polar surface area (TPSA) is 58.8 Å². The molecule has 1 aromatic heterocycles. The normalized spacial score (nSPS) is 16.2. The average molecular weight is 452 g/mol. The number of para-hydroxylation sites is 1. The number of likely N-dealkylation sites (tertiary alicyclic amines) is 1. The Bertz CT molecular complexity index is 1070. The highest BCUT2D eigenvalue weighted by atomic mass is 19.1. The minimum Gasteiger partial charge on any atom is -0.496 e. The first kappa shape index (κ1) is 23.0. The van der Waals surface area contributed by atoms with Crippen molar-refractivity contribution in [3.8, 4) is 5.75 Å². The summed E-state index contributed by atoms with van der Waals surface area (Å²) in [6, 6.07) is 14.1. The van der Waals surface area contributed by atoms with Crippen LogP contribution in [0.1, 0.15) is 48.1 Å². The van der Waals surface area contributed by atoms with Gasteiger partial charge in [-0.3, -0.25) is 9.69 Å². The highest BCUT2D eigenvalue weighted by molar-refractivity contribution is 5.78. The molecule has 1 fully saturated rings. The van der Waals surface area contributed by atoms with Gasteiger partial charge in [-0.2, -0.15) is 0 Å². The number of piperidine rings is 1. The maximum absolute atomic E-state index is 13.2. The van der Waals surface area contributed by atoms with E-state index in [0.29, 0.717) is 25.4 Å². The zero-order chi connectivity index (χ0) is 23.2. The van der Waals surface area contributed by atoms with Crippen molar-refractivity contribution in [2.24, 2.45) is 0 Å². The van der Waals surface area contributed by atoms with Crippen LogP contribution in [0.2, 0.25) is 0 Å². The number of nitrogens with zero attached hydrogens (tertiary/aromatic N) is 3. The number of oxazole rings is 1. The van der Waals surface area contributed by atoms with E-state index in [1.54, 1.807) is 25.4 Å². The second-order valence-corrected chi connectivity index (χ2v) is 8.55. The van der Waals surface area contributed by atoms with E-state index in [2.05, 4.69) is 4.98 Å². The lowest BCUT2D eigenvalue weighted by atomic mass is 10.0. The van der Waals surface area contributed by atoms with Gasteiger partial charge >= 0.3 is 0 Å². The highest BCUT2D eigenvalue weighted by Gasteiger charge is 2.31. The van der Waals surface area contributed by atoms with Crippen LogP contribution in [0, 0.1) is 5.82 Å². The Morgan fingerprint density at radius 3 is 2.79 bits per heavy atom. The van der Waals surface area contributed by atoms with E-state index in [-0.39, 0.29) is 24.3 Å². The Balaban J connectivity index is 1.41. The Labute approximate surface area is 194 Å². The van der Waals surface area contributed by atoms with Gasteiger partial charge in [0.05, 0.1) is 19.9 Å². The molecule has 0 radical (unpaired) electrons. The van der Waals surface area contributed by atoms with Gasteiger partial charge in [-0.1, -0.05) is 30.3 Å². The number of methoxy groups -OCH3 is 1. The van der Waals surface area contributed by atoms with Crippen LogP contribution in [0.25, 0.3) is 0 Å². The van der Waals surface area contributed by atoms with Gasteiger partial charge in [-0.15, -0.1) is 0 Å². The number of hydrogen-bond acceptors (Lipinski definition) is 5. The number of ether oxygens (including phenoxy) is 1. The number of carbonyl (C=O) groups excluding carboxylic acids is 1. The zero-order valence-electron chi connectivity index (χ0n) is 19.2. The average Bonchev–Trinajstić information content (AvgIpc) is 3.29. The molecular weight excluding hydrogens is 421 g/mol. The van der Waals surface area contributed by atoms with Gasteiger partial charge in [-0.25, -0.2) is 9.37 Å². The van der Waals surface area contributed by atoms with Crippen LogP contribution in [0.3, 0.4) is 0 Å². The van der Waals surface area contributed by atoms with E-state index < -0.39 is 0 Å². The number of rotatable bonds is 8. The van der Waals surface area contributed by atoms with E-state index in [1.807, 2.05) is 41.1 Å². The molecule has 0 N–H and O–H groups in total. The Morgan fingerprint density at radius 1 is 1.21 bits per heavy atom. The van der Waals surface area contributed by atoms with Crippen LogP contribution in [0.15, 0.2) is 59.1 Å². The third-order valence-corrected chi connectivity index (χ3v) is 6.01. The van der Waals surface area contributed by atoms with Crippen molar-refractivity contribution < 1.29 is 18.3 Å².